The first-order chi connectivity index (χ1) is 11.7. The lowest BCUT2D eigenvalue weighted by Crippen LogP contribution is -1.93. The number of aldehydes is 1. The Morgan fingerprint density at radius 2 is 1.96 bits per heavy atom. The molecule has 0 radical (unpaired) electrons. The molecular formula is C16H9N3O3S2. The maximum absolute atomic E-state index is 11.7. The number of nitrogens with zero attached hydrogens (tertiary/aromatic N) is 3. The molecule has 1 aromatic carbocycles. The summed E-state index contributed by atoms with van der Waals surface area (Å²) in [5.41, 5.74) is 2.59. The van der Waals surface area contributed by atoms with E-state index in [1.807, 2.05) is 27.3 Å². The van der Waals surface area contributed by atoms with Crippen LogP contribution in [0.15, 0.2) is 47.2 Å². The fourth-order valence-electron chi connectivity index (χ4n) is 2.54. The summed E-state index contributed by atoms with van der Waals surface area (Å²) in [6.45, 7) is 0. The molecule has 0 amide bonds. The number of hydrogen-bond acceptors (Lipinski definition) is 6. The second kappa shape index (κ2) is 5.66. The van der Waals surface area contributed by atoms with Gasteiger partial charge in [0.1, 0.15) is 11.4 Å². The number of imidazole rings is 1. The van der Waals surface area contributed by atoms with Gasteiger partial charge in [0.05, 0.1) is 15.5 Å². The monoisotopic (exact) mass is 355 g/mol. The molecule has 3 aromatic heterocycles. The minimum atomic E-state index is -0.453. The molecule has 0 spiro atoms. The van der Waals surface area contributed by atoms with Crippen molar-refractivity contribution in [2.75, 3.05) is 0 Å². The third-order valence-corrected chi connectivity index (χ3v) is 5.35. The Hall–Kier alpha value is -2.84. The van der Waals surface area contributed by atoms with Crippen LogP contribution >= 0.6 is 22.7 Å². The summed E-state index contributed by atoms with van der Waals surface area (Å²) in [5, 5.41) is 14.7. The molecule has 0 saturated carbocycles. The minimum absolute atomic E-state index is 0.00620. The number of benzene rings is 1. The van der Waals surface area contributed by atoms with Gasteiger partial charge in [-0.1, -0.05) is 6.07 Å². The number of thiazole rings is 1. The zero-order valence-electron chi connectivity index (χ0n) is 12.1. The Kier molecular flexibility index (Phi) is 3.47. The number of aromatic nitrogens is 2. The Bertz CT molecular complexity index is 1050. The highest BCUT2D eigenvalue weighted by Gasteiger charge is 2.19. The van der Waals surface area contributed by atoms with Crippen molar-refractivity contribution in [3.8, 4) is 21.8 Å². The molecule has 0 saturated heterocycles. The van der Waals surface area contributed by atoms with Crippen molar-refractivity contribution < 1.29 is 9.72 Å². The Morgan fingerprint density at radius 1 is 1.17 bits per heavy atom. The second-order valence-electron chi connectivity index (χ2n) is 4.98. The van der Waals surface area contributed by atoms with E-state index in [0.29, 0.717) is 21.9 Å². The average Bonchev–Trinajstić information content (AvgIpc) is 3.30. The molecular weight excluding hydrogens is 346 g/mol. The topological polar surface area (TPSA) is 77.5 Å². The molecule has 24 heavy (non-hydrogen) atoms. The number of fused-ring (bicyclic) bond motifs is 1. The minimum Gasteiger partial charge on any atom is -0.296 e. The van der Waals surface area contributed by atoms with E-state index in [2.05, 4.69) is 4.98 Å². The summed E-state index contributed by atoms with van der Waals surface area (Å²) in [7, 11) is 0. The van der Waals surface area contributed by atoms with E-state index in [1.54, 1.807) is 23.5 Å². The van der Waals surface area contributed by atoms with E-state index in [1.165, 1.54) is 23.5 Å². The lowest BCUT2D eigenvalue weighted by atomic mass is 10.1. The standard InChI is InChI=1S/C16H9N3O3S2/c20-8-12-15(10-3-5-11(6-4-10)19(21)22)17-16-18(12)13(9-24-16)14-2-1-7-23-14/h1-9H. The van der Waals surface area contributed by atoms with Crippen LogP contribution in [0.5, 0.6) is 0 Å². The number of nitro groups is 1. The maximum Gasteiger partial charge on any atom is 0.269 e. The van der Waals surface area contributed by atoms with Gasteiger partial charge in [-0.2, -0.15) is 0 Å². The molecule has 0 aliphatic heterocycles. The quantitative estimate of drug-likeness (QED) is 0.306. The number of nitro benzene ring substituents is 1. The largest absolute Gasteiger partial charge is 0.296 e. The number of carbonyl (C=O) groups is 1. The third kappa shape index (κ3) is 2.24. The highest BCUT2D eigenvalue weighted by Crippen LogP contribution is 2.34. The van der Waals surface area contributed by atoms with Crippen LogP contribution in [0.3, 0.4) is 0 Å². The molecule has 4 aromatic rings. The normalized spacial score (nSPS) is 11.0. The van der Waals surface area contributed by atoms with Crippen LogP contribution in [0.4, 0.5) is 5.69 Å². The smallest absolute Gasteiger partial charge is 0.269 e. The first-order valence-corrected chi connectivity index (χ1v) is 8.69. The lowest BCUT2D eigenvalue weighted by molar-refractivity contribution is -0.384. The molecule has 0 aliphatic rings. The zero-order valence-corrected chi connectivity index (χ0v) is 13.7. The summed E-state index contributed by atoms with van der Waals surface area (Å²) >= 11 is 3.05. The first-order valence-electron chi connectivity index (χ1n) is 6.93. The van der Waals surface area contributed by atoms with Crippen LogP contribution in [-0.2, 0) is 0 Å². The van der Waals surface area contributed by atoms with E-state index in [-0.39, 0.29) is 5.69 Å². The molecule has 0 bridgehead atoms. The van der Waals surface area contributed by atoms with Crippen molar-refractivity contribution in [3.05, 3.63) is 63.0 Å². The van der Waals surface area contributed by atoms with Gasteiger partial charge in [-0.05, 0) is 23.6 Å². The molecule has 3 heterocycles. The van der Waals surface area contributed by atoms with Crippen LogP contribution in [0.1, 0.15) is 10.5 Å². The van der Waals surface area contributed by atoms with E-state index in [0.717, 1.165) is 16.9 Å². The highest BCUT2D eigenvalue weighted by atomic mass is 32.1. The molecule has 0 N–H and O–H groups in total. The van der Waals surface area contributed by atoms with Crippen molar-refractivity contribution in [1.82, 2.24) is 9.38 Å². The molecule has 118 valence electrons. The Labute approximate surface area is 143 Å². The van der Waals surface area contributed by atoms with Crippen molar-refractivity contribution in [3.63, 3.8) is 0 Å². The van der Waals surface area contributed by atoms with Gasteiger partial charge < -0.3 is 0 Å². The molecule has 8 heteroatoms. The summed E-state index contributed by atoms with van der Waals surface area (Å²) in [4.78, 5) is 28.3. The number of non-ortho nitro benzene ring substituents is 1. The van der Waals surface area contributed by atoms with Gasteiger partial charge in [-0.3, -0.25) is 19.3 Å². The summed E-state index contributed by atoms with van der Waals surface area (Å²) in [6.07, 6.45) is 0.778. The molecule has 0 unspecified atom stereocenters. The summed E-state index contributed by atoms with van der Waals surface area (Å²) < 4.78 is 1.83. The number of thiophene rings is 1. The maximum atomic E-state index is 11.7. The van der Waals surface area contributed by atoms with Crippen LogP contribution in [0.25, 0.3) is 26.8 Å². The van der Waals surface area contributed by atoms with Gasteiger partial charge >= 0.3 is 0 Å². The van der Waals surface area contributed by atoms with Gasteiger partial charge in [0.2, 0.25) is 0 Å². The fraction of sp³-hybridized carbons (Fsp3) is 0. The van der Waals surface area contributed by atoms with Gasteiger partial charge in [0.15, 0.2) is 11.2 Å². The van der Waals surface area contributed by atoms with Gasteiger partial charge in [-0.25, -0.2) is 4.98 Å². The van der Waals surface area contributed by atoms with Gasteiger partial charge in [0, 0.05) is 23.1 Å². The van der Waals surface area contributed by atoms with Gasteiger partial charge in [-0.15, -0.1) is 22.7 Å². The third-order valence-electron chi connectivity index (χ3n) is 3.64. The SMILES string of the molecule is O=Cc1c(-c2ccc([N+](=O)[O-])cc2)nc2scc(-c3cccs3)n12. The van der Waals surface area contributed by atoms with E-state index in [4.69, 9.17) is 0 Å². The van der Waals surface area contributed by atoms with Crippen LogP contribution in [0.2, 0.25) is 0 Å². The fourth-order valence-corrected chi connectivity index (χ4v) is 4.24. The van der Waals surface area contributed by atoms with Crippen LogP contribution < -0.4 is 0 Å². The number of carbonyl (C=O) groups excluding carboxylic acids is 1. The first kappa shape index (κ1) is 14.7. The lowest BCUT2D eigenvalue weighted by Gasteiger charge is -2.00. The summed E-state index contributed by atoms with van der Waals surface area (Å²) in [6, 6.07) is 10.0. The molecule has 0 aliphatic carbocycles. The Morgan fingerprint density at radius 3 is 2.58 bits per heavy atom. The molecule has 4 rings (SSSR count). The number of hydrogen-bond donors (Lipinski definition) is 0. The van der Waals surface area contributed by atoms with Crippen LogP contribution in [0, 0.1) is 10.1 Å². The van der Waals surface area contributed by atoms with Crippen molar-refractivity contribution in [2.45, 2.75) is 0 Å². The number of rotatable bonds is 4. The van der Waals surface area contributed by atoms with Crippen molar-refractivity contribution in [2.24, 2.45) is 0 Å². The van der Waals surface area contributed by atoms with E-state index >= 15 is 0 Å². The second-order valence-corrected chi connectivity index (χ2v) is 6.77. The van der Waals surface area contributed by atoms with Crippen molar-refractivity contribution in [1.29, 1.82) is 0 Å². The van der Waals surface area contributed by atoms with Gasteiger partial charge in [0.25, 0.3) is 5.69 Å². The summed E-state index contributed by atoms with van der Waals surface area (Å²) in [5.74, 6) is 0. The molecule has 0 atom stereocenters. The van der Waals surface area contributed by atoms with Crippen molar-refractivity contribution >= 4 is 39.6 Å². The highest BCUT2D eigenvalue weighted by molar-refractivity contribution is 7.17. The Balaban J connectivity index is 1.90. The van der Waals surface area contributed by atoms with E-state index < -0.39 is 4.92 Å². The van der Waals surface area contributed by atoms with Crippen LogP contribution in [-0.4, -0.2) is 20.6 Å². The predicted molar refractivity (Wildman–Crippen MR) is 93.9 cm³/mol. The van der Waals surface area contributed by atoms with E-state index in [9.17, 15) is 14.9 Å². The molecule has 0 fully saturated rings. The average molecular weight is 355 g/mol. The predicted octanol–water partition coefficient (Wildman–Crippen LogP) is 4.51. The zero-order chi connectivity index (χ0) is 16.7. The molecule has 6 nitrogen and oxygen atoms in total.